The lowest BCUT2D eigenvalue weighted by Gasteiger charge is -1.70. The standard InChI is InChI=1S/C2H2Br2O.C2H3BrO2/c2*3-1-2(4)5/h1H2;1H2,(H,4,5). The maximum absolute atomic E-state index is 9.68. The molecule has 0 aliphatic carbocycles. The van der Waals surface area contributed by atoms with E-state index in [0.717, 1.165) is 0 Å². The number of carbonyl (C=O) groups excluding carboxylic acids is 1. The molecule has 0 aromatic carbocycles. The summed E-state index contributed by atoms with van der Waals surface area (Å²) in [6.45, 7) is 0. The molecule has 0 saturated carbocycles. The molecule has 0 aromatic rings. The number of alkyl halides is 2. The fourth-order valence-corrected chi connectivity index (χ4v) is 0. The molecule has 0 radical (unpaired) electrons. The average molecular weight is 341 g/mol. The zero-order chi connectivity index (χ0) is 8.57. The summed E-state index contributed by atoms with van der Waals surface area (Å²) in [5.41, 5.74) is 0. The van der Waals surface area contributed by atoms with E-state index in [9.17, 15) is 9.59 Å². The third kappa shape index (κ3) is 23.5. The van der Waals surface area contributed by atoms with E-state index in [0.29, 0.717) is 5.33 Å². The highest BCUT2D eigenvalue weighted by Gasteiger charge is 1.83. The van der Waals surface area contributed by atoms with Gasteiger partial charge in [0, 0.05) is 0 Å². The van der Waals surface area contributed by atoms with Gasteiger partial charge in [0.2, 0.25) is 4.69 Å². The van der Waals surface area contributed by atoms with Crippen LogP contribution in [0.15, 0.2) is 0 Å². The summed E-state index contributed by atoms with van der Waals surface area (Å²) in [5, 5.41) is 8.11. The minimum Gasteiger partial charge on any atom is -0.481 e. The fraction of sp³-hybridized carbons (Fsp3) is 0.500. The second-order valence-corrected chi connectivity index (χ2v) is 3.02. The van der Waals surface area contributed by atoms with Crippen LogP contribution in [0.5, 0.6) is 0 Å². The number of rotatable bonds is 2. The van der Waals surface area contributed by atoms with E-state index < -0.39 is 5.97 Å². The lowest BCUT2D eigenvalue weighted by molar-refractivity contribution is -0.133. The van der Waals surface area contributed by atoms with E-state index in [1.807, 2.05) is 0 Å². The summed E-state index contributed by atoms with van der Waals surface area (Å²) in [6, 6.07) is 0. The molecule has 10 heavy (non-hydrogen) atoms. The van der Waals surface area contributed by atoms with Gasteiger partial charge in [-0.1, -0.05) is 31.9 Å². The second kappa shape index (κ2) is 9.58. The lowest BCUT2D eigenvalue weighted by Crippen LogP contribution is -1.92. The molecular weight excluding hydrogens is 336 g/mol. The lowest BCUT2D eigenvalue weighted by atomic mass is 10.8. The van der Waals surface area contributed by atoms with Crippen LogP contribution in [0.2, 0.25) is 0 Å². The highest BCUT2D eigenvalue weighted by Crippen LogP contribution is 1.87. The van der Waals surface area contributed by atoms with Crippen molar-refractivity contribution in [2.24, 2.45) is 0 Å². The van der Waals surface area contributed by atoms with Crippen LogP contribution in [0.4, 0.5) is 0 Å². The minimum atomic E-state index is -0.829. The van der Waals surface area contributed by atoms with Gasteiger partial charge in [-0.05, 0) is 15.9 Å². The summed E-state index contributed by atoms with van der Waals surface area (Å²) in [5.74, 6) is -0.829. The molecule has 3 nitrogen and oxygen atoms in total. The number of carboxylic acids is 1. The van der Waals surface area contributed by atoms with Crippen molar-refractivity contribution in [3.05, 3.63) is 0 Å². The van der Waals surface area contributed by atoms with Gasteiger partial charge in [0.05, 0.1) is 5.33 Å². The maximum atomic E-state index is 9.68. The normalized spacial score (nSPS) is 7.50. The van der Waals surface area contributed by atoms with Crippen molar-refractivity contribution < 1.29 is 14.7 Å². The average Bonchev–Trinajstić information content (AvgIpc) is 1.89. The molecule has 0 amide bonds. The molecular formula is C4H5Br3O3. The van der Waals surface area contributed by atoms with Crippen molar-refractivity contribution in [3.63, 3.8) is 0 Å². The molecule has 1 N–H and O–H groups in total. The summed E-state index contributed by atoms with van der Waals surface area (Å²) >= 11 is 8.32. The van der Waals surface area contributed by atoms with Crippen LogP contribution >= 0.6 is 47.8 Å². The van der Waals surface area contributed by atoms with Crippen molar-refractivity contribution in [2.45, 2.75) is 0 Å². The van der Waals surface area contributed by atoms with Crippen LogP contribution in [0.1, 0.15) is 0 Å². The van der Waals surface area contributed by atoms with Crippen LogP contribution in [-0.2, 0) is 9.59 Å². The van der Waals surface area contributed by atoms with E-state index in [1.54, 1.807) is 0 Å². The molecule has 0 bridgehead atoms. The summed E-state index contributed by atoms with van der Waals surface area (Å²) < 4.78 is -0.0162. The Morgan fingerprint density at radius 2 is 1.40 bits per heavy atom. The number of aliphatic carboxylic acids is 1. The Morgan fingerprint density at radius 1 is 1.20 bits per heavy atom. The smallest absolute Gasteiger partial charge is 0.314 e. The molecule has 0 aliphatic heterocycles. The van der Waals surface area contributed by atoms with Crippen molar-refractivity contribution in [1.29, 1.82) is 0 Å². The Labute approximate surface area is 83.6 Å². The Bertz CT molecular complexity index is 100. The van der Waals surface area contributed by atoms with Gasteiger partial charge < -0.3 is 5.11 Å². The summed E-state index contributed by atoms with van der Waals surface area (Å²) in [6.07, 6.45) is 0. The van der Waals surface area contributed by atoms with Gasteiger partial charge in [-0.2, -0.15) is 0 Å². The summed E-state index contributed by atoms with van der Waals surface area (Å²) in [7, 11) is 0. The second-order valence-electron chi connectivity index (χ2n) is 1.02. The molecule has 0 aliphatic rings. The molecule has 0 heterocycles. The van der Waals surface area contributed by atoms with Crippen LogP contribution in [0.3, 0.4) is 0 Å². The number of carbonyl (C=O) groups is 2. The van der Waals surface area contributed by atoms with Gasteiger partial charge in [-0.15, -0.1) is 0 Å². The van der Waals surface area contributed by atoms with Crippen molar-refractivity contribution in [1.82, 2.24) is 0 Å². The van der Waals surface area contributed by atoms with Crippen molar-refractivity contribution in [2.75, 3.05) is 10.7 Å². The Morgan fingerprint density at radius 3 is 1.40 bits per heavy atom. The van der Waals surface area contributed by atoms with Gasteiger partial charge in [-0.3, -0.25) is 9.59 Å². The van der Waals surface area contributed by atoms with Crippen molar-refractivity contribution >= 4 is 58.5 Å². The molecule has 60 valence electrons. The van der Waals surface area contributed by atoms with Crippen LogP contribution in [-0.4, -0.2) is 26.4 Å². The molecule has 6 heteroatoms. The molecule has 0 rings (SSSR count). The van der Waals surface area contributed by atoms with Crippen molar-refractivity contribution in [3.8, 4) is 0 Å². The number of hydrogen-bond donors (Lipinski definition) is 1. The third-order valence-corrected chi connectivity index (χ3v) is 2.24. The predicted octanol–water partition coefficient (Wildman–Crippen LogP) is 1.77. The first-order valence-electron chi connectivity index (χ1n) is 2.06. The number of carboxylic acid groups (broad SMARTS) is 1. The highest BCUT2D eigenvalue weighted by molar-refractivity contribution is 9.19. The highest BCUT2D eigenvalue weighted by atomic mass is 79.9. The van der Waals surface area contributed by atoms with Gasteiger partial charge >= 0.3 is 5.97 Å². The first kappa shape index (κ1) is 13.2. The Kier molecular flexibility index (Phi) is 12.6. The van der Waals surface area contributed by atoms with E-state index >= 15 is 0 Å². The number of halogens is 3. The molecule has 0 aromatic heterocycles. The summed E-state index contributed by atoms with van der Waals surface area (Å²) in [4.78, 5) is 19.0. The quantitative estimate of drug-likeness (QED) is 0.615. The SMILES string of the molecule is O=C(Br)CBr.O=C(O)CBr. The van der Waals surface area contributed by atoms with E-state index in [-0.39, 0.29) is 10.0 Å². The monoisotopic (exact) mass is 338 g/mol. The van der Waals surface area contributed by atoms with E-state index in [1.165, 1.54) is 0 Å². The third-order valence-electron chi connectivity index (χ3n) is 0.219. The van der Waals surface area contributed by atoms with E-state index in [4.69, 9.17) is 5.11 Å². The Hall–Kier alpha value is 0.580. The maximum Gasteiger partial charge on any atom is 0.314 e. The largest absolute Gasteiger partial charge is 0.481 e. The first-order valence-corrected chi connectivity index (χ1v) is 5.10. The first-order chi connectivity index (χ1) is 4.54. The molecule has 0 atom stereocenters. The molecule has 0 fully saturated rings. The van der Waals surface area contributed by atoms with Gasteiger partial charge in [0.15, 0.2) is 0 Å². The number of hydrogen-bond acceptors (Lipinski definition) is 2. The molecule has 0 spiro atoms. The van der Waals surface area contributed by atoms with Crippen LogP contribution in [0.25, 0.3) is 0 Å². The van der Waals surface area contributed by atoms with Crippen LogP contribution < -0.4 is 0 Å². The Balaban J connectivity index is 0. The fourth-order valence-electron chi connectivity index (χ4n) is 0. The molecule has 0 unspecified atom stereocenters. The zero-order valence-electron chi connectivity index (χ0n) is 4.81. The van der Waals surface area contributed by atoms with Gasteiger partial charge in [-0.25, -0.2) is 0 Å². The topological polar surface area (TPSA) is 54.4 Å². The molecule has 0 saturated heterocycles. The van der Waals surface area contributed by atoms with E-state index in [2.05, 4.69) is 47.8 Å². The zero-order valence-corrected chi connectivity index (χ0v) is 9.57. The predicted molar refractivity (Wildman–Crippen MR) is 49.2 cm³/mol. The van der Waals surface area contributed by atoms with Gasteiger partial charge in [0.1, 0.15) is 5.33 Å². The van der Waals surface area contributed by atoms with Gasteiger partial charge in [0.25, 0.3) is 0 Å². The van der Waals surface area contributed by atoms with Crippen LogP contribution in [0, 0.1) is 0 Å². The minimum absolute atomic E-state index is 0.0162.